The number of allylic oxidation sites excluding steroid dienone is 3. The molecule has 7 heteroatoms. The highest BCUT2D eigenvalue weighted by Crippen LogP contribution is 2.38. The van der Waals surface area contributed by atoms with Gasteiger partial charge in [-0.25, -0.2) is 13.1 Å². The largest absolute Gasteiger partial charge is 0.511 e. The second kappa shape index (κ2) is 3.59. The van der Waals surface area contributed by atoms with Gasteiger partial charge in [0.2, 0.25) is 0 Å². The van der Waals surface area contributed by atoms with Crippen LogP contribution in [-0.4, -0.2) is 20.5 Å². The van der Waals surface area contributed by atoms with E-state index in [0.717, 1.165) is 17.6 Å². The maximum atomic E-state index is 12.0. The Morgan fingerprint density at radius 3 is 2.50 bits per heavy atom. The minimum Gasteiger partial charge on any atom is -0.203 e. The van der Waals surface area contributed by atoms with Crippen LogP contribution in [0.25, 0.3) is 0 Å². The van der Waals surface area contributed by atoms with Crippen LogP contribution in [0.5, 0.6) is 0 Å². The van der Waals surface area contributed by atoms with Crippen LogP contribution in [0, 0.1) is 5.92 Å². The smallest absolute Gasteiger partial charge is 0.203 e. The Morgan fingerprint density at radius 1 is 1.38 bits per heavy atom. The Kier molecular flexibility index (Phi) is 2.62. The number of halogens is 3. The van der Waals surface area contributed by atoms with Crippen LogP contribution in [0.3, 0.4) is 0 Å². The second-order valence-corrected chi connectivity index (χ2v) is 5.68. The number of sulfonamides is 1. The third-order valence-corrected chi connectivity index (χ3v) is 3.93. The molecule has 1 N–H and O–H groups in total. The van der Waals surface area contributed by atoms with E-state index >= 15 is 0 Å². The summed E-state index contributed by atoms with van der Waals surface area (Å²) < 4.78 is 59.1. The van der Waals surface area contributed by atoms with E-state index in [1.807, 2.05) is 12.2 Å². The first-order chi connectivity index (χ1) is 7.29. The van der Waals surface area contributed by atoms with Crippen molar-refractivity contribution in [1.29, 1.82) is 0 Å². The highest BCUT2D eigenvalue weighted by molar-refractivity contribution is 7.90. The highest BCUT2D eigenvalue weighted by Gasteiger charge is 2.45. The summed E-state index contributed by atoms with van der Waals surface area (Å²) in [6.45, 7) is -0.238. The second-order valence-electron chi connectivity index (χ2n) is 3.93. The molecule has 16 heavy (non-hydrogen) atoms. The molecule has 2 bridgehead atoms. The fraction of sp³-hybridized carbons (Fsp3) is 0.556. The first-order valence-corrected chi connectivity index (χ1v) is 6.23. The van der Waals surface area contributed by atoms with Gasteiger partial charge in [0, 0.05) is 6.54 Å². The van der Waals surface area contributed by atoms with E-state index in [9.17, 15) is 21.6 Å². The van der Waals surface area contributed by atoms with Crippen molar-refractivity contribution in [2.45, 2.75) is 18.3 Å². The van der Waals surface area contributed by atoms with E-state index in [0.29, 0.717) is 12.3 Å². The van der Waals surface area contributed by atoms with Crippen LogP contribution in [0.15, 0.2) is 23.3 Å². The Labute approximate surface area is 91.1 Å². The first-order valence-electron chi connectivity index (χ1n) is 4.74. The lowest BCUT2D eigenvalue weighted by Crippen LogP contribution is -2.37. The molecule has 0 spiro atoms. The molecule has 2 aliphatic carbocycles. The summed E-state index contributed by atoms with van der Waals surface area (Å²) in [5, 5.41) is 0. The van der Waals surface area contributed by atoms with Gasteiger partial charge >= 0.3 is 15.5 Å². The van der Waals surface area contributed by atoms with E-state index < -0.39 is 15.5 Å². The zero-order valence-corrected chi connectivity index (χ0v) is 9.03. The van der Waals surface area contributed by atoms with Crippen LogP contribution >= 0.6 is 0 Å². The minimum atomic E-state index is -5.23. The Hall–Kier alpha value is -0.820. The van der Waals surface area contributed by atoms with Crippen LogP contribution < -0.4 is 4.72 Å². The number of nitrogens with one attached hydrogen (secondary N) is 1. The van der Waals surface area contributed by atoms with Crippen LogP contribution in [0.2, 0.25) is 0 Å². The molecule has 3 nitrogen and oxygen atoms in total. The molecule has 0 saturated heterocycles. The van der Waals surface area contributed by atoms with Gasteiger partial charge in [-0.15, -0.1) is 0 Å². The number of alkyl halides is 3. The molecular weight excluding hydrogens is 243 g/mol. The van der Waals surface area contributed by atoms with Gasteiger partial charge in [-0.1, -0.05) is 17.7 Å². The van der Waals surface area contributed by atoms with Crippen molar-refractivity contribution in [3.8, 4) is 0 Å². The molecule has 2 rings (SSSR count). The normalized spacial score (nSPS) is 24.6. The average Bonchev–Trinajstić information content (AvgIpc) is 2.73. The first kappa shape index (κ1) is 11.7. The maximum absolute atomic E-state index is 12.0. The summed E-state index contributed by atoms with van der Waals surface area (Å²) in [6, 6.07) is 0. The molecule has 0 aromatic carbocycles. The van der Waals surface area contributed by atoms with Crippen molar-refractivity contribution < 1.29 is 21.6 Å². The molecule has 0 fully saturated rings. The zero-order valence-electron chi connectivity index (χ0n) is 8.21. The molecule has 0 amide bonds. The fourth-order valence-corrected chi connectivity index (χ4v) is 2.50. The van der Waals surface area contributed by atoms with Gasteiger partial charge in [0.05, 0.1) is 0 Å². The number of hydrogen-bond acceptors (Lipinski definition) is 2. The van der Waals surface area contributed by atoms with Crippen molar-refractivity contribution in [2.24, 2.45) is 5.92 Å². The van der Waals surface area contributed by atoms with Crippen LogP contribution in [0.4, 0.5) is 13.2 Å². The van der Waals surface area contributed by atoms with Crippen molar-refractivity contribution in [3.05, 3.63) is 23.3 Å². The lowest BCUT2D eigenvalue weighted by atomic mass is 10.1. The van der Waals surface area contributed by atoms with E-state index in [2.05, 4.69) is 0 Å². The molecule has 0 aromatic heterocycles. The fourth-order valence-electron chi connectivity index (χ4n) is 1.97. The Morgan fingerprint density at radius 2 is 2.06 bits per heavy atom. The minimum absolute atomic E-state index is 0.238. The van der Waals surface area contributed by atoms with Gasteiger partial charge in [0.15, 0.2) is 0 Å². The molecule has 0 radical (unpaired) electrons. The summed E-state index contributed by atoms with van der Waals surface area (Å²) in [5.74, 6) is 0.348. The topological polar surface area (TPSA) is 46.2 Å². The molecule has 0 aliphatic heterocycles. The van der Waals surface area contributed by atoms with Crippen LogP contribution in [-0.2, 0) is 10.0 Å². The molecule has 90 valence electrons. The monoisotopic (exact) mass is 253 g/mol. The summed E-state index contributed by atoms with van der Waals surface area (Å²) in [7, 11) is -5.21. The average molecular weight is 253 g/mol. The standard InChI is InChI=1S/C9H10F3NO2S/c10-9(11,12)16(14,15)13-5-8-4-6-1-2-7(8)3-6/h1-2,6,13H,3-5H2. The van der Waals surface area contributed by atoms with E-state index in [1.54, 1.807) is 4.72 Å². The van der Waals surface area contributed by atoms with E-state index in [-0.39, 0.29) is 6.54 Å². The molecule has 1 unspecified atom stereocenters. The van der Waals surface area contributed by atoms with Gasteiger partial charge < -0.3 is 0 Å². The molecular formula is C9H10F3NO2S. The Bertz CT molecular complexity index is 462. The SMILES string of the molecule is O=S(=O)(NCC1=C2C=CC(C2)C1)C(F)(F)F. The lowest BCUT2D eigenvalue weighted by molar-refractivity contribution is -0.0446. The number of fused-ring (bicyclic) bond motifs is 2. The van der Waals surface area contributed by atoms with Crippen LogP contribution in [0.1, 0.15) is 12.8 Å². The molecule has 2 aliphatic rings. The van der Waals surface area contributed by atoms with Crippen molar-refractivity contribution in [1.82, 2.24) is 4.72 Å². The predicted octanol–water partition coefficient (Wildman–Crippen LogP) is 1.70. The molecule has 1 atom stereocenters. The number of rotatable bonds is 3. The highest BCUT2D eigenvalue weighted by atomic mass is 32.2. The van der Waals surface area contributed by atoms with Gasteiger partial charge in [-0.3, -0.25) is 0 Å². The van der Waals surface area contributed by atoms with Gasteiger partial charge in [0.25, 0.3) is 0 Å². The predicted molar refractivity (Wildman–Crippen MR) is 51.9 cm³/mol. The molecule has 0 heterocycles. The van der Waals surface area contributed by atoms with Gasteiger partial charge in [-0.05, 0) is 24.3 Å². The quantitative estimate of drug-likeness (QED) is 0.832. The summed E-state index contributed by atoms with van der Waals surface area (Å²) in [5.41, 5.74) is -3.50. The van der Waals surface area contributed by atoms with Gasteiger partial charge in [-0.2, -0.15) is 13.2 Å². The number of hydrogen-bond donors (Lipinski definition) is 1. The summed E-state index contributed by atoms with van der Waals surface area (Å²) >= 11 is 0. The van der Waals surface area contributed by atoms with Crippen molar-refractivity contribution in [3.63, 3.8) is 0 Å². The van der Waals surface area contributed by atoms with E-state index in [4.69, 9.17) is 0 Å². The van der Waals surface area contributed by atoms with E-state index in [1.165, 1.54) is 0 Å². The maximum Gasteiger partial charge on any atom is 0.511 e. The summed E-state index contributed by atoms with van der Waals surface area (Å²) in [4.78, 5) is 0. The molecule has 0 aromatic rings. The van der Waals surface area contributed by atoms with Gasteiger partial charge in [0.1, 0.15) is 0 Å². The molecule has 0 saturated carbocycles. The van der Waals surface area contributed by atoms with Crippen molar-refractivity contribution in [2.75, 3.05) is 6.54 Å². The van der Waals surface area contributed by atoms with Crippen molar-refractivity contribution >= 4 is 10.0 Å². The zero-order chi connectivity index (χ0) is 12.0. The third-order valence-electron chi connectivity index (χ3n) is 2.79. The summed E-state index contributed by atoms with van der Waals surface area (Å²) in [6.07, 6.45) is 5.33. The Balaban J connectivity index is 2.02. The lowest BCUT2D eigenvalue weighted by Gasteiger charge is -2.12. The third kappa shape index (κ3) is 2.01.